The molecule has 0 aromatic heterocycles. The zero-order valence-electron chi connectivity index (χ0n) is 3.02. The maximum absolute atomic E-state index is 7.65. The Balaban J connectivity index is 0. The Kier molecular flexibility index (Phi) is 9.50. The van der Waals surface area contributed by atoms with Gasteiger partial charge in [0.05, 0.1) is 0 Å². The summed E-state index contributed by atoms with van der Waals surface area (Å²) in [6.07, 6.45) is 1.47. The van der Waals surface area contributed by atoms with Gasteiger partial charge in [-0.2, -0.15) is 5.26 Å². The van der Waals surface area contributed by atoms with Crippen LogP contribution in [0.4, 0.5) is 0 Å². The van der Waals surface area contributed by atoms with Crippen LogP contribution >= 0.6 is 0 Å². The summed E-state index contributed by atoms with van der Waals surface area (Å²) in [7, 11) is 0. The number of nitrogens with one attached hydrogen (secondary N) is 2. The van der Waals surface area contributed by atoms with E-state index in [1.807, 2.05) is 5.32 Å². The molecule has 0 aliphatic rings. The van der Waals surface area contributed by atoms with Crippen molar-refractivity contribution in [2.45, 2.75) is 0 Å². The van der Waals surface area contributed by atoms with Gasteiger partial charge in [-0.15, -0.1) is 0 Å². The van der Waals surface area contributed by atoms with E-state index in [4.69, 9.17) is 10.7 Å². The molecule has 4 N–H and O–H groups in total. The van der Waals surface area contributed by atoms with E-state index in [2.05, 4.69) is 5.73 Å². The molecule has 0 aliphatic carbocycles. The van der Waals surface area contributed by atoms with Gasteiger partial charge in [0, 0.05) is 0 Å². The van der Waals surface area contributed by atoms with Gasteiger partial charge in [0.1, 0.15) is 0 Å². The first-order valence-electron chi connectivity index (χ1n) is 1.26. The average Bonchev–Trinajstić information content (AvgIpc) is 1.35. The van der Waals surface area contributed by atoms with E-state index in [0.29, 0.717) is 0 Å². The standard InChI is InChI=1S/C2H4N4.K.H/c3-1-6-2(4)5;;/h(H4,4,5,6);;. The van der Waals surface area contributed by atoms with E-state index >= 15 is 0 Å². The molecule has 0 aliphatic heterocycles. The molecular formula is C2H5KN4. The summed E-state index contributed by atoms with van der Waals surface area (Å²) < 4.78 is 0. The first-order valence-corrected chi connectivity index (χ1v) is 1.26. The molecule has 34 valence electrons. The van der Waals surface area contributed by atoms with Gasteiger partial charge in [0.2, 0.25) is 0 Å². The second kappa shape index (κ2) is 6.40. The molecule has 5 heteroatoms. The van der Waals surface area contributed by atoms with E-state index in [1.165, 1.54) is 6.19 Å². The third kappa shape index (κ3) is 10.7. The summed E-state index contributed by atoms with van der Waals surface area (Å²) >= 11 is 0. The third-order valence-electron chi connectivity index (χ3n) is 0.191. The van der Waals surface area contributed by atoms with Crippen molar-refractivity contribution >= 4 is 57.3 Å². The van der Waals surface area contributed by atoms with Gasteiger partial charge < -0.3 is 5.73 Å². The van der Waals surface area contributed by atoms with Crippen molar-refractivity contribution in [3.8, 4) is 6.19 Å². The van der Waals surface area contributed by atoms with E-state index in [-0.39, 0.29) is 57.3 Å². The topological polar surface area (TPSA) is 85.7 Å². The number of guanidine groups is 1. The number of nitriles is 1. The van der Waals surface area contributed by atoms with Crippen LogP contribution in [0.5, 0.6) is 0 Å². The Labute approximate surface area is 84.0 Å². The Hall–Kier alpha value is 0.396. The summed E-state index contributed by atoms with van der Waals surface area (Å²) in [5.41, 5.74) is 4.65. The molecule has 0 bridgehead atoms. The molecule has 0 unspecified atom stereocenters. The minimum atomic E-state index is -0.322. The van der Waals surface area contributed by atoms with Crippen LogP contribution < -0.4 is 11.1 Å². The molecular weight excluding hydrogens is 119 g/mol. The van der Waals surface area contributed by atoms with Crippen LogP contribution in [0.3, 0.4) is 0 Å². The van der Waals surface area contributed by atoms with Crippen LogP contribution in [-0.4, -0.2) is 57.3 Å². The van der Waals surface area contributed by atoms with Crippen LogP contribution in [0.2, 0.25) is 0 Å². The Morgan fingerprint density at radius 1 is 1.86 bits per heavy atom. The Morgan fingerprint density at radius 2 is 2.29 bits per heavy atom. The minimum absolute atomic E-state index is 0. The van der Waals surface area contributed by atoms with Crippen molar-refractivity contribution in [3.05, 3.63) is 0 Å². The predicted octanol–water partition coefficient (Wildman–Crippen LogP) is -1.70. The molecule has 0 rings (SSSR count). The molecule has 0 fully saturated rings. The van der Waals surface area contributed by atoms with E-state index < -0.39 is 0 Å². The molecule has 0 aromatic rings. The van der Waals surface area contributed by atoms with Crippen molar-refractivity contribution in [1.29, 1.82) is 10.7 Å². The molecule has 0 atom stereocenters. The molecule has 0 saturated carbocycles. The number of nitrogens with zero attached hydrogens (tertiary/aromatic N) is 1. The van der Waals surface area contributed by atoms with Crippen LogP contribution in [0.15, 0.2) is 0 Å². The Morgan fingerprint density at radius 3 is 2.29 bits per heavy atom. The van der Waals surface area contributed by atoms with Crippen molar-refractivity contribution < 1.29 is 0 Å². The van der Waals surface area contributed by atoms with Crippen LogP contribution in [0, 0.1) is 16.9 Å². The summed E-state index contributed by atoms with van der Waals surface area (Å²) in [5, 5.41) is 15.9. The van der Waals surface area contributed by atoms with Gasteiger partial charge in [0.25, 0.3) is 0 Å². The summed E-state index contributed by atoms with van der Waals surface area (Å²) in [5.74, 6) is -0.322. The van der Waals surface area contributed by atoms with Crippen LogP contribution in [0.1, 0.15) is 0 Å². The van der Waals surface area contributed by atoms with Crippen molar-refractivity contribution in [2.24, 2.45) is 5.73 Å². The molecule has 4 nitrogen and oxygen atoms in total. The Bertz CT molecular complexity index is 92.4. The maximum atomic E-state index is 7.65. The van der Waals surface area contributed by atoms with Crippen LogP contribution in [0.25, 0.3) is 0 Å². The molecule has 0 saturated heterocycles. The van der Waals surface area contributed by atoms with Crippen molar-refractivity contribution in [3.63, 3.8) is 0 Å². The fourth-order valence-electron chi connectivity index (χ4n) is 0.0602. The van der Waals surface area contributed by atoms with Gasteiger partial charge >= 0.3 is 51.4 Å². The third-order valence-corrected chi connectivity index (χ3v) is 0.191. The first kappa shape index (κ1) is 10.4. The fourth-order valence-corrected chi connectivity index (χ4v) is 0.0602. The van der Waals surface area contributed by atoms with Crippen LogP contribution in [-0.2, 0) is 0 Å². The summed E-state index contributed by atoms with van der Waals surface area (Å²) in [6, 6.07) is 0. The first-order chi connectivity index (χ1) is 2.77. The SMILES string of the molecule is N#CNC(=N)N.[KH]. The number of rotatable bonds is 0. The predicted molar refractivity (Wildman–Crippen MR) is 27.8 cm³/mol. The quantitative estimate of drug-likeness (QED) is 0.118. The van der Waals surface area contributed by atoms with Gasteiger partial charge in [-0.05, 0) is 0 Å². The van der Waals surface area contributed by atoms with Gasteiger partial charge in [-0.1, -0.05) is 0 Å². The summed E-state index contributed by atoms with van der Waals surface area (Å²) in [4.78, 5) is 0. The van der Waals surface area contributed by atoms with E-state index in [0.717, 1.165) is 0 Å². The normalized spacial score (nSPS) is 5.00. The zero-order valence-corrected chi connectivity index (χ0v) is 3.02. The summed E-state index contributed by atoms with van der Waals surface area (Å²) in [6.45, 7) is 0. The molecule has 7 heavy (non-hydrogen) atoms. The van der Waals surface area contributed by atoms with Gasteiger partial charge in [-0.25, -0.2) is 0 Å². The molecule has 0 radical (unpaired) electrons. The second-order valence-electron chi connectivity index (χ2n) is 0.650. The zero-order chi connectivity index (χ0) is 4.99. The fraction of sp³-hybridized carbons (Fsp3) is 0. The molecule has 0 amide bonds. The molecule has 0 aromatic carbocycles. The average molecular weight is 124 g/mol. The van der Waals surface area contributed by atoms with Gasteiger partial charge in [-0.3, -0.25) is 10.7 Å². The monoisotopic (exact) mass is 124 g/mol. The van der Waals surface area contributed by atoms with Crippen molar-refractivity contribution in [1.82, 2.24) is 5.32 Å². The van der Waals surface area contributed by atoms with Crippen molar-refractivity contribution in [2.75, 3.05) is 0 Å². The number of hydrogen-bond donors (Lipinski definition) is 3. The molecule has 0 heterocycles. The molecule has 0 spiro atoms. The number of nitrogens with two attached hydrogens (primary N) is 1. The number of hydrogen-bond acceptors (Lipinski definition) is 2. The second-order valence-corrected chi connectivity index (χ2v) is 0.650. The van der Waals surface area contributed by atoms with E-state index in [9.17, 15) is 0 Å². The van der Waals surface area contributed by atoms with E-state index in [1.54, 1.807) is 0 Å². The van der Waals surface area contributed by atoms with Gasteiger partial charge in [0.15, 0.2) is 12.2 Å².